The summed E-state index contributed by atoms with van der Waals surface area (Å²) in [6, 6.07) is 5.10. The SMILES string of the molecule is COc1ccc(C(C)C)c(-c2cc(C(=O)O)no2)c1OC. The van der Waals surface area contributed by atoms with Gasteiger partial charge < -0.3 is 19.1 Å². The molecule has 1 aromatic carbocycles. The Morgan fingerprint density at radius 3 is 2.48 bits per heavy atom. The van der Waals surface area contributed by atoms with E-state index in [0.717, 1.165) is 5.56 Å². The molecular weight excluding hydrogens is 274 g/mol. The second-order valence-corrected chi connectivity index (χ2v) is 4.80. The zero-order chi connectivity index (χ0) is 15.6. The molecule has 0 aliphatic rings. The molecule has 0 bridgehead atoms. The fourth-order valence-electron chi connectivity index (χ4n) is 2.17. The molecule has 1 heterocycles. The van der Waals surface area contributed by atoms with Gasteiger partial charge in [-0.3, -0.25) is 0 Å². The largest absolute Gasteiger partial charge is 0.493 e. The summed E-state index contributed by atoms with van der Waals surface area (Å²) < 4.78 is 15.9. The molecule has 0 amide bonds. The minimum absolute atomic E-state index is 0.149. The van der Waals surface area contributed by atoms with Gasteiger partial charge in [-0.15, -0.1) is 0 Å². The zero-order valence-electron chi connectivity index (χ0n) is 12.3. The van der Waals surface area contributed by atoms with Gasteiger partial charge in [-0.25, -0.2) is 4.79 Å². The molecule has 0 fully saturated rings. The van der Waals surface area contributed by atoms with E-state index in [-0.39, 0.29) is 11.6 Å². The van der Waals surface area contributed by atoms with E-state index in [1.165, 1.54) is 13.2 Å². The van der Waals surface area contributed by atoms with Crippen molar-refractivity contribution in [1.82, 2.24) is 5.16 Å². The first kappa shape index (κ1) is 14.9. The van der Waals surface area contributed by atoms with Crippen LogP contribution in [0, 0.1) is 0 Å². The van der Waals surface area contributed by atoms with E-state index in [1.54, 1.807) is 7.11 Å². The van der Waals surface area contributed by atoms with Gasteiger partial charge in [0.05, 0.1) is 19.8 Å². The molecule has 6 heteroatoms. The molecule has 0 radical (unpaired) electrons. The number of benzene rings is 1. The van der Waals surface area contributed by atoms with Crippen molar-refractivity contribution in [1.29, 1.82) is 0 Å². The topological polar surface area (TPSA) is 81.8 Å². The number of methoxy groups -OCH3 is 2. The summed E-state index contributed by atoms with van der Waals surface area (Å²) in [5.41, 5.74) is 1.47. The van der Waals surface area contributed by atoms with Crippen LogP contribution >= 0.6 is 0 Å². The lowest BCUT2D eigenvalue weighted by molar-refractivity contribution is 0.0686. The van der Waals surface area contributed by atoms with Crippen LogP contribution < -0.4 is 9.47 Å². The van der Waals surface area contributed by atoms with Gasteiger partial charge in [-0.1, -0.05) is 25.1 Å². The van der Waals surface area contributed by atoms with Crippen molar-refractivity contribution in [3.05, 3.63) is 29.5 Å². The monoisotopic (exact) mass is 291 g/mol. The Bertz CT molecular complexity index is 660. The van der Waals surface area contributed by atoms with E-state index in [9.17, 15) is 4.79 Å². The Labute approximate surface area is 122 Å². The molecule has 0 aliphatic carbocycles. The summed E-state index contributed by atoms with van der Waals surface area (Å²) in [4.78, 5) is 11.0. The zero-order valence-corrected chi connectivity index (χ0v) is 12.3. The number of carboxylic acids is 1. The average Bonchev–Trinajstić information content (AvgIpc) is 2.94. The van der Waals surface area contributed by atoms with E-state index in [2.05, 4.69) is 5.16 Å². The number of ether oxygens (including phenoxy) is 2. The first-order valence-electron chi connectivity index (χ1n) is 6.44. The lowest BCUT2D eigenvalue weighted by Crippen LogP contribution is -1.99. The summed E-state index contributed by atoms with van der Waals surface area (Å²) in [6.07, 6.45) is 0. The molecule has 6 nitrogen and oxygen atoms in total. The molecule has 1 N–H and O–H groups in total. The highest BCUT2D eigenvalue weighted by atomic mass is 16.5. The van der Waals surface area contributed by atoms with E-state index in [4.69, 9.17) is 19.1 Å². The number of carbonyl (C=O) groups is 1. The second kappa shape index (κ2) is 5.87. The Balaban J connectivity index is 2.70. The lowest BCUT2D eigenvalue weighted by atomic mass is 9.94. The van der Waals surface area contributed by atoms with Crippen LogP contribution in [0.4, 0.5) is 0 Å². The van der Waals surface area contributed by atoms with Gasteiger partial charge in [0.2, 0.25) is 0 Å². The van der Waals surface area contributed by atoms with E-state index in [1.807, 2.05) is 26.0 Å². The standard InChI is InChI=1S/C15H17NO5/c1-8(2)9-5-6-11(19-3)14(20-4)13(9)12-7-10(15(17)18)16-21-12/h5-8H,1-4H3,(H,17,18). The van der Waals surface area contributed by atoms with Gasteiger partial charge in [0.1, 0.15) is 0 Å². The van der Waals surface area contributed by atoms with E-state index in [0.29, 0.717) is 22.8 Å². The van der Waals surface area contributed by atoms with Gasteiger partial charge in [0.15, 0.2) is 23.0 Å². The van der Waals surface area contributed by atoms with Crippen LogP contribution in [-0.2, 0) is 0 Å². The van der Waals surface area contributed by atoms with Crippen LogP contribution in [0.15, 0.2) is 22.7 Å². The second-order valence-electron chi connectivity index (χ2n) is 4.80. The predicted molar refractivity (Wildman–Crippen MR) is 76.1 cm³/mol. The maximum absolute atomic E-state index is 11.0. The molecule has 112 valence electrons. The van der Waals surface area contributed by atoms with Crippen molar-refractivity contribution >= 4 is 5.97 Å². The van der Waals surface area contributed by atoms with Gasteiger partial charge in [0.25, 0.3) is 0 Å². The molecule has 2 rings (SSSR count). The summed E-state index contributed by atoms with van der Waals surface area (Å²) in [5, 5.41) is 12.5. The maximum Gasteiger partial charge on any atom is 0.358 e. The third-order valence-corrected chi connectivity index (χ3v) is 3.18. The van der Waals surface area contributed by atoms with Crippen molar-refractivity contribution in [2.24, 2.45) is 0 Å². The first-order valence-corrected chi connectivity index (χ1v) is 6.44. The maximum atomic E-state index is 11.0. The molecule has 2 aromatic rings. The van der Waals surface area contributed by atoms with Crippen molar-refractivity contribution in [2.45, 2.75) is 19.8 Å². The number of aromatic carboxylic acids is 1. The van der Waals surface area contributed by atoms with Crippen LogP contribution in [0.5, 0.6) is 11.5 Å². The Hall–Kier alpha value is -2.50. The normalized spacial score (nSPS) is 10.7. The number of hydrogen-bond donors (Lipinski definition) is 1. The number of hydrogen-bond acceptors (Lipinski definition) is 5. The molecular formula is C15H17NO5. The van der Waals surface area contributed by atoms with Crippen molar-refractivity contribution in [3.8, 4) is 22.8 Å². The van der Waals surface area contributed by atoms with E-state index >= 15 is 0 Å². The smallest absolute Gasteiger partial charge is 0.358 e. The van der Waals surface area contributed by atoms with Crippen molar-refractivity contribution < 1.29 is 23.9 Å². The summed E-state index contributed by atoms with van der Waals surface area (Å²) >= 11 is 0. The van der Waals surface area contributed by atoms with Gasteiger partial charge >= 0.3 is 5.97 Å². The van der Waals surface area contributed by atoms with Gasteiger partial charge in [-0.2, -0.15) is 0 Å². The average molecular weight is 291 g/mol. The Kier molecular flexibility index (Phi) is 4.16. The highest BCUT2D eigenvalue weighted by Gasteiger charge is 2.23. The third-order valence-electron chi connectivity index (χ3n) is 3.18. The Morgan fingerprint density at radius 2 is 2.00 bits per heavy atom. The predicted octanol–water partition coefficient (Wildman–Crippen LogP) is 3.18. The highest BCUT2D eigenvalue weighted by Crippen LogP contribution is 2.43. The van der Waals surface area contributed by atoms with Crippen LogP contribution in [0.25, 0.3) is 11.3 Å². The number of carboxylic acid groups (broad SMARTS) is 1. The molecule has 0 unspecified atom stereocenters. The fraction of sp³-hybridized carbons (Fsp3) is 0.333. The van der Waals surface area contributed by atoms with Crippen LogP contribution in [0.1, 0.15) is 35.8 Å². The lowest BCUT2D eigenvalue weighted by Gasteiger charge is -2.17. The van der Waals surface area contributed by atoms with Crippen LogP contribution in [-0.4, -0.2) is 30.5 Å². The molecule has 0 saturated heterocycles. The first-order chi connectivity index (χ1) is 9.99. The van der Waals surface area contributed by atoms with Crippen LogP contribution in [0.3, 0.4) is 0 Å². The van der Waals surface area contributed by atoms with Gasteiger partial charge in [0, 0.05) is 6.07 Å². The summed E-state index contributed by atoms with van der Waals surface area (Å²) in [6.45, 7) is 4.05. The number of nitrogens with zero attached hydrogens (tertiary/aromatic N) is 1. The van der Waals surface area contributed by atoms with Crippen molar-refractivity contribution in [2.75, 3.05) is 14.2 Å². The van der Waals surface area contributed by atoms with Crippen molar-refractivity contribution in [3.63, 3.8) is 0 Å². The highest BCUT2D eigenvalue weighted by molar-refractivity contribution is 5.87. The summed E-state index contributed by atoms with van der Waals surface area (Å²) in [5.74, 6) is 0.435. The molecule has 21 heavy (non-hydrogen) atoms. The number of rotatable bonds is 5. The molecule has 0 atom stereocenters. The fourth-order valence-corrected chi connectivity index (χ4v) is 2.17. The number of aromatic nitrogens is 1. The van der Waals surface area contributed by atoms with E-state index < -0.39 is 5.97 Å². The Morgan fingerprint density at radius 1 is 1.29 bits per heavy atom. The molecule has 1 aromatic heterocycles. The summed E-state index contributed by atoms with van der Waals surface area (Å²) in [7, 11) is 3.07. The molecule has 0 saturated carbocycles. The molecule has 0 spiro atoms. The van der Waals surface area contributed by atoms with Gasteiger partial charge in [-0.05, 0) is 17.5 Å². The third kappa shape index (κ3) is 2.69. The molecule has 0 aliphatic heterocycles. The van der Waals surface area contributed by atoms with Crippen LogP contribution in [0.2, 0.25) is 0 Å². The minimum Gasteiger partial charge on any atom is -0.493 e. The quantitative estimate of drug-likeness (QED) is 0.911. The minimum atomic E-state index is -1.14.